The number of ether oxygens (including phenoxy) is 3. The highest BCUT2D eigenvalue weighted by atomic mass is 16.6. The SMILES string of the molecule is COc1cc2cc(C)oc(=O)c2c(OC(C)=O)c1OC. The molecule has 20 heavy (non-hydrogen) atoms. The predicted molar refractivity (Wildman–Crippen MR) is 71.6 cm³/mol. The molecule has 2 rings (SSSR count). The predicted octanol–water partition coefficient (Wildman–Crippen LogP) is 2.04. The van der Waals surface area contributed by atoms with E-state index in [-0.39, 0.29) is 16.9 Å². The van der Waals surface area contributed by atoms with Crippen LogP contribution < -0.4 is 19.8 Å². The van der Waals surface area contributed by atoms with E-state index >= 15 is 0 Å². The van der Waals surface area contributed by atoms with Crippen LogP contribution in [0.25, 0.3) is 10.8 Å². The number of fused-ring (bicyclic) bond motifs is 1. The smallest absolute Gasteiger partial charge is 0.347 e. The molecule has 0 N–H and O–H groups in total. The van der Waals surface area contributed by atoms with Crippen molar-refractivity contribution < 1.29 is 23.4 Å². The molecule has 6 nitrogen and oxygen atoms in total. The van der Waals surface area contributed by atoms with Gasteiger partial charge >= 0.3 is 11.6 Å². The van der Waals surface area contributed by atoms with E-state index in [4.69, 9.17) is 18.6 Å². The van der Waals surface area contributed by atoms with Gasteiger partial charge in [0.05, 0.1) is 14.2 Å². The average molecular weight is 278 g/mol. The lowest BCUT2D eigenvalue weighted by Crippen LogP contribution is -2.09. The van der Waals surface area contributed by atoms with Gasteiger partial charge in [0.15, 0.2) is 11.5 Å². The van der Waals surface area contributed by atoms with E-state index in [0.717, 1.165) is 0 Å². The average Bonchev–Trinajstić information content (AvgIpc) is 2.36. The summed E-state index contributed by atoms with van der Waals surface area (Å²) in [6.07, 6.45) is 0. The monoisotopic (exact) mass is 278 g/mol. The summed E-state index contributed by atoms with van der Waals surface area (Å²) in [5, 5.41) is 0.691. The van der Waals surface area contributed by atoms with Crippen molar-refractivity contribution in [1.29, 1.82) is 0 Å². The molecule has 0 spiro atoms. The molecule has 6 heteroatoms. The number of esters is 1. The third-order valence-corrected chi connectivity index (χ3v) is 2.72. The van der Waals surface area contributed by atoms with E-state index in [1.54, 1.807) is 19.1 Å². The maximum absolute atomic E-state index is 12.0. The molecule has 106 valence electrons. The van der Waals surface area contributed by atoms with Crippen molar-refractivity contribution in [3.05, 3.63) is 28.3 Å². The molecule has 1 aromatic carbocycles. The highest BCUT2D eigenvalue weighted by Gasteiger charge is 2.21. The van der Waals surface area contributed by atoms with Gasteiger partial charge in [0.2, 0.25) is 5.75 Å². The lowest BCUT2D eigenvalue weighted by molar-refractivity contribution is -0.131. The zero-order chi connectivity index (χ0) is 14.9. The molecule has 0 aliphatic heterocycles. The summed E-state index contributed by atoms with van der Waals surface area (Å²) in [6.45, 7) is 2.89. The van der Waals surface area contributed by atoms with Crippen LogP contribution in [0.2, 0.25) is 0 Å². The zero-order valence-corrected chi connectivity index (χ0v) is 11.6. The van der Waals surface area contributed by atoms with Crippen LogP contribution in [-0.2, 0) is 4.79 Å². The Morgan fingerprint density at radius 3 is 2.40 bits per heavy atom. The Morgan fingerprint density at radius 1 is 1.15 bits per heavy atom. The van der Waals surface area contributed by atoms with E-state index in [9.17, 15) is 9.59 Å². The largest absolute Gasteiger partial charge is 0.493 e. The van der Waals surface area contributed by atoms with Crippen LogP contribution in [-0.4, -0.2) is 20.2 Å². The molecule has 0 fully saturated rings. The fourth-order valence-electron chi connectivity index (χ4n) is 1.99. The van der Waals surface area contributed by atoms with E-state index in [1.165, 1.54) is 21.1 Å². The molecule has 0 aliphatic carbocycles. The summed E-state index contributed by atoms with van der Waals surface area (Å²) in [5.74, 6) is 0.414. The molecule has 2 aromatic rings. The lowest BCUT2D eigenvalue weighted by Gasteiger charge is -2.14. The first-order valence-electron chi connectivity index (χ1n) is 5.85. The number of methoxy groups -OCH3 is 2. The van der Waals surface area contributed by atoms with Crippen LogP contribution in [0.5, 0.6) is 17.2 Å². The quantitative estimate of drug-likeness (QED) is 0.631. The lowest BCUT2D eigenvalue weighted by atomic mass is 10.1. The Labute approximate surface area is 114 Å². The van der Waals surface area contributed by atoms with Gasteiger partial charge in [0.1, 0.15) is 11.1 Å². The summed E-state index contributed by atoms with van der Waals surface area (Å²) in [5.41, 5.74) is -0.600. The first-order chi connectivity index (χ1) is 9.47. The summed E-state index contributed by atoms with van der Waals surface area (Å²) in [4.78, 5) is 23.3. The number of hydrogen-bond donors (Lipinski definition) is 0. The topological polar surface area (TPSA) is 75.0 Å². The Balaban J connectivity index is 2.93. The minimum atomic E-state index is -0.600. The molecule has 0 bridgehead atoms. The van der Waals surface area contributed by atoms with Crippen molar-refractivity contribution in [2.24, 2.45) is 0 Å². The van der Waals surface area contributed by atoms with Gasteiger partial charge < -0.3 is 18.6 Å². The summed E-state index contributed by atoms with van der Waals surface area (Å²) >= 11 is 0. The first-order valence-corrected chi connectivity index (χ1v) is 5.85. The molecule has 0 amide bonds. The van der Waals surface area contributed by atoms with Crippen molar-refractivity contribution in [2.75, 3.05) is 14.2 Å². The van der Waals surface area contributed by atoms with E-state index in [1.807, 2.05) is 0 Å². The van der Waals surface area contributed by atoms with Crippen LogP contribution in [0.3, 0.4) is 0 Å². The van der Waals surface area contributed by atoms with Crippen molar-refractivity contribution in [1.82, 2.24) is 0 Å². The number of hydrogen-bond acceptors (Lipinski definition) is 6. The van der Waals surface area contributed by atoms with Crippen molar-refractivity contribution in [3.63, 3.8) is 0 Å². The van der Waals surface area contributed by atoms with Crippen LogP contribution >= 0.6 is 0 Å². The molecule has 0 unspecified atom stereocenters. The minimum absolute atomic E-state index is 0.00287. The van der Waals surface area contributed by atoms with E-state index in [0.29, 0.717) is 16.9 Å². The molecule has 0 atom stereocenters. The maximum Gasteiger partial charge on any atom is 0.347 e. The van der Waals surface area contributed by atoms with Crippen LogP contribution in [0.1, 0.15) is 12.7 Å². The van der Waals surface area contributed by atoms with Gasteiger partial charge in [-0.25, -0.2) is 4.79 Å². The van der Waals surface area contributed by atoms with Crippen molar-refractivity contribution in [3.8, 4) is 17.2 Å². The van der Waals surface area contributed by atoms with Gasteiger partial charge in [-0.3, -0.25) is 4.79 Å². The Kier molecular flexibility index (Phi) is 3.65. The van der Waals surface area contributed by atoms with E-state index in [2.05, 4.69) is 0 Å². The normalized spacial score (nSPS) is 10.4. The molecule has 1 heterocycles. The molecular formula is C14H14O6. The standard InChI is InChI=1S/C14H14O6/c1-7-5-9-6-10(17-3)12(18-4)13(20-8(2)15)11(9)14(16)19-7/h5-6H,1-4H3. The van der Waals surface area contributed by atoms with Gasteiger partial charge in [-0.1, -0.05) is 0 Å². The minimum Gasteiger partial charge on any atom is -0.493 e. The Morgan fingerprint density at radius 2 is 1.85 bits per heavy atom. The van der Waals surface area contributed by atoms with Crippen LogP contribution in [0, 0.1) is 6.92 Å². The molecule has 0 aliphatic rings. The molecule has 1 aromatic heterocycles. The number of benzene rings is 1. The highest BCUT2D eigenvalue weighted by molar-refractivity contribution is 5.94. The van der Waals surface area contributed by atoms with Crippen molar-refractivity contribution >= 4 is 16.7 Å². The third kappa shape index (κ3) is 2.32. The van der Waals surface area contributed by atoms with Crippen LogP contribution in [0.4, 0.5) is 0 Å². The van der Waals surface area contributed by atoms with Gasteiger partial charge in [-0.15, -0.1) is 0 Å². The molecule has 0 saturated heterocycles. The van der Waals surface area contributed by atoms with Crippen molar-refractivity contribution in [2.45, 2.75) is 13.8 Å². The second-order valence-electron chi connectivity index (χ2n) is 4.14. The number of aryl methyl sites for hydroxylation is 1. The zero-order valence-electron chi connectivity index (χ0n) is 11.6. The van der Waals surface area contributed by atoms with E-state index < -0.39 is 11.6 Å². The van der Waals surface area contributed by atoms with Gasteiger partial charge in [0, 0.05) is 12.3 Å². The number of rotatable bonds is 3. The second kappa shape index (κ2) is 5.24. The third-order valence-electron chi connectivity index (χ3n) is 2.72. The van der Waals surface area contributed by atoms with Gasteiger partial charge in [0.25, 0.3) is 0 Å². The van der Waals surface area contributed by atoms with Gasteiger partial charge in [-0.05, 0) is 19.1 Å². The number of carbonyl (C=O) groups is 1. The fraction of sp³-hybridized carbons (Fsp3) is 0.286. The highest BCUT2D eigenvalue weighted by Crippen LogP contribution is 2.42. The maximum atomic E-state index is 12.0. The first kappa shape index (κ1) is 13.9. The Hall–Kier alpha value is -2.50. The summed E-state index contributed by atoms with van der Waals surface area (Å²) in [7, 11) is 2.85. The van der Waals surface area contributed by atoms with Gasteiger partial charge in [-0.2, -0.15) is 0 Å². The molecular weight excluding hydrogens is 264 g/mol. The molecule has 0 saturated carbocycles. The molecule has 0 radical (unpaired) electrons. The van der Waals surface area contributed by atoms with Crippen LogP contribution in [0.15, 0.2) is 21.3 Å². The second-order valence-corrected chi connectivity index (χ2v) is 4.14. The summed E-state index contributed by atoms with van der Waals surface area (Å²) < 4.78 is 20.5. The fourth-order valence-corrected chi connectivity index (χ4v) is 1.99. The number of carbonyl (C=O) groups excluding carboxylic acids is 1. The summed E-state index contributed by atoms with van der Waals surface area (Å²) in [6, 6.07) is 3.29. The Bertz CT molecular complexity index is 729.